The first-order valence-corrected chi connectivity index (χ1v) is 14.5. The van der Waals surface area contributed by atoms with E-state index in [9.17, 15) is 13.2 Å². The zero-order valence-electron chi connectivity index (χ0n) is 21.4. The van der Waals surface area contributed by atoms with E-state index in [4.69, 9.17) is 4.98 Å². The van der Waals surface area contributed by atoms with Gasteiger partial charge >= 0.3 is 0 Å². The van der Waals surface area contributed by atoms with Crippen LogP contribution >= 0.6 is 11.3 Å². The number of thiazole rings is 1. The molecule has 1 aliphatic rings. The number of aryl methyl sites for hydroxylation is 2. The lowest BCUT2D eigenvalue weighted by atomic mass is 10.1. The topological polar surface area (TPSA) is 73.8 Å². The fourth-order valence-electron chi connectivity index (χ4n) is 4.48. The molecular formula is C28H30N4O3S2. The predicted molar refractivity (Wildman–Crippen MR) is 150 cm³/mol. The molecule has 0 radical (unpaired) electrons. The number of hydrogen-bond donors (Lipinski definition) is 0. The van der Waals surface area contributed by atoms with Crippen LogP contribution in [0.5, 0.6) is 0 Å². The molecule has 0 spiro atoms. The van der Waals surface area contributed by atoms with Crippen molar-refractivity contribution in [2.24, 2.45) is 0 Å². The van der Waals surface area contributed by atoms with E-state index in [-0.39, 0.29) is 10.8 Å². The van der Waals surface area contributed by atoms with Gasteiger partial charge in [0.2, 0.25) is 0 Å². The van der Waals surface area contributed by atoms with Crippen LogP contribution in [0.2, 0.25) is 0 Å². The van der Waals surface area contributed by atoms with E-state index < -0.39 is 10.0 Å². The highest BCUT2D eigenvalue weighted by atomic mass is 32.2. The molecule has 7 nitrogen and oxygen atoms in total. The molecule has 192 valence electrons. The maximum absolute atomic E-state index is 13.7. The summed E-state index contributed by atoms with van der Waals surface area (Å²) < 4.78 is 29.3. The molecule has 0 unspecified atom stereocenters. The van der Waals surface area contributed by atoms with E-state index in [0.717, 1.165) is 27.0 Å². The van der Waals surface area contributed by atoms with Crippen LogP contribution < -0.4 is 9.21 Å². The van der Waals surface area contributed by atoms with Gasteiger partial charge in [0.05, 0.1) is 20.8 Å². The molecule has 0 atom stereocenters. The Balaban J connectivity index is 1.44. The zero-order chi connectivity index (χ0) is 26.3. The van der Waals surface area contributed by atoms with E-state index in [1.54, 1.807) is 17.0 Å². The maximum Gasteiger partial charge on any atom is 0.264 e. The quantitative estimate of drug-likeness (QED) is 0.338. The van der Waals surface area contributed by atoms with Gasteiger partial charge in [-0.2, -0.15) is 0 Å². The number of carbonyl (C=O) groups is 1. The molecule has 4 aromatic rings. The van der Waals surface area contributed by atoms with Crippen molar-refractivity contribution < 1.29 is 13.2 Å². The van der Waals surface area contributed by atoms with E-state index in [1.165, 1.54) is 33.3 Å². The Hall–Kier alpha value is -3.27. The Morgan fingerprint density at radius 3 is 2.43 bits per heavy atom. The Kier molecular flexibility index (Phi) is 6.78. The minimum atomic E-state index is -3.72. The average Bonchev–Trinajstić information content (AvgIpc) is 3.49. The lowest BCUT2D eigenvalue weighted by Gasteiger charge is -2.22. The fourth-order valence-corrected chi connectivity index (χ4v) is 7.05. The molecule has 1 amide bonds. The highest BCUT2D eigenvalue weighted by Gasteiger charge is 2.31. The highest BCUT2D eigenvalue weighted by Crippen LogP contribution is 2.34. The van der Waals surface area contributed by atoms with Gasteiger partial charge in [0.25, 0.3) is 15.9 Å². The number of rotatable bonds is 7. The third-order valence-corrected chi connectivity index (χ3v) is 9.64. The Morgan fingerprint density at radius 1 is 1.00 bits per heavy atom. The normalized spacial score (nSPS) is 13.4. The third-order valence-electron chi connectivity index (χ3n) is 6.77. The molecule has 0 saturated carbocycles. The van der Waals surface area contributed by atoms with Gasteiger partial charge in [-0.3, -0.25) is 14.0 Å². The Bertz CT molecular complexity index is 1540. The smallest absolute Gasteiger partial charge is 0.264 e. The van der Waals surface area contributed by atoms with Gasteiger partial charge in [0.1, 0.15) is 0 Å². The second-order valence-electron chi connectivity index (χ2n) is 9.64. The monoisotopic (exact) mass is 534 g/mol. The Labute approximate surface area is 222 Å². The van der Waals surface area contributed by atoms with Gasteiger partial charge in [-0.25, -0.2) is 13.4 Å². The van der Waals surface area contributed by atoms with Crippen molar-refractivity contribution in [3.8, 4) is 0 Å². The number of sulfonamides is 1. The van der Waals surface area contributed by atoms with Crippen molar-refractivity contribution in [1.29, 1.82) is 0 Å². The van der Waals surface area contributed by atoms with Gasteiger partial charge in [0.15, 0.2) is 5.13 Å². The number of hydrogen-bond acceptors (Lipinski definition) is 6. The summed E-state index contributed by atoms with van der Waals surface area (Å²) in [5, 5.41) is 0.636. The van der Waals surface area contributed by atoms with Crippen LogP contribution in [0, 0.1) is 13.8 Å². The number of nitrogens with zero attached hydrogens (tertiary/aromatic N) is 4. The highest BCUT2D eigenvalue weighted by molar-refractivity contribution is 7.92. The summed E-state index contributed by atoms with van der Waals surface area (Å²) >= 11 is 1.49. The second kappa shape index (κ2) is 9.89. The van der Waals surface area contributed by atoms with Gasteiger partial charge in [-0.05, 0) is 93.5 Å². The first kappa shape index (κ1) is 25.4. The lowest BCUT2D eigenvalue weighted by Crippen LogP contribution is -2.36. The number of carbonyl (C=O) groups excluding carboxylic acids is 1. The van der Waals surface area contributed by atoms with Crippen LogP contribution in [0.4, 0.5) is 10.8 Å². The SMILES string of the molecule is Cc1cc2nc(N(CCN(C)C)C(=O)c3ccc(S(=O)(=O)N4CCc5ccccc54)cc3)sc2cc1C. The number of amides is 1. The van der Waals surface area contributed by atoms with Gasteiger partial charge in [-0.1, -0.05) is 29.5 Å². The first-order valence-electron chi connectivity index (χ1n) is 12.2. The van der Waals surface area contributed by atoms with Crippen LogP contribution in [0.3, 0.4) is 0 Å². The molecule has 0 N–H and O–H groups in total. The van der Waals surface area contributed by atoms with Crippen molar-refractivity contribution in [2.75, 3.05) is 42.9 Å². The molecule has 2 heterocycles. The summed E-state index contributed by atoms with van der Waals surface area (Å²) in [6, 6.07) is 18.0. The standard InChI is InChI=1S/C28H30N4O3S2/c1-19-17-24-26(18-20(19)2)36-28(29-24)31(16-15-30(3)4)27(33)22-9-11-23(12-10-22)37(34,35)32-14-13-21-7-5-6-8-25(21)32/h5-12,17-18H,13-16H2,1-4H3. The minimum Gasteiger partial charge on any atom is -0.308 e. The number of fused-ring (bicyclic) bond motifs is 2. The van der Waals surface area contributed by atoms with E-state index in [1.807, 2.05) is 43.3 Å². The molecule has 9 heteroatoms. The van der Waals surface area contributed by atoms with Crippen LogP contribution in [0.25, 0.3) is 10.2 Å². The molecule has 0 aliphatic carbocycles. The minimum absolute atomic E-state index is 0.173. The molecule has 3 aromatic carbocycles. The van der Waals surface area contributed by atoms with Crippen LogP contribution in [-0.4, -0.2) is 57.9 Å². The average molecular weight is 535 g/mol. The third kappa shape index (κ3) is 4.86. The summed E-state index contributed by atoms with van der Waals surface area (Å²) in [5.74, 6) is -0.204. The summed E-state index contributed by atoms with van der Waals surface area (Å²) in [5.41, 5.74) is 5.39. The molecule has 5 rings (SSSR count). The molecular weight excluding hydrogens is 504 g/mol. The predicted octanol–water partition coefficient (Wildman–Crippen LogP) is 4.87. The van der Waals surface area contributed by atoms with Crippen LogP contribution in [-0.2, 0) is 16.4 Å². The lowest BCUT2D eigenvalue weighted by molar-refractivity contribution is 0.0985. The number of likely N-dealkylation sites (N-methyl/N-ethyl adjacent to an activating group) is 1. The summed E-state index contributed by atoms with van der Waals surface area (Å²) in [7, 11) is 0.202. The number of anilines is 2. The van der Waals surface area contributed by atoms with Gasteiger partial charge in [-0.15, -0.1) is 0 Å². The van der Waals surface area contributed by atoms with Crippen LogP contribution in [0.15, 0.2) is 65.6 Å². The molecule has 1 aliphatic heterocycles. The van der Waals surface area contributed by atoms with Crippen molar-refractivity contribution in [2.45, 2.75) is 25.2 Å². The zero-order valence-corrected chi connectivity index (χ0v) is 23.1. The fraction of sp³-hybridized carbons (Fsp3) is 0.286. The largest absolute Gasteiger partial charge is 0.308 e. The van der Waals surface area contributed by atoms with Crippen LogP contribution in [0.1, 0.15) is 27.0 Å². The second-order valence-corrected chi connectivity index (χ2v) is 12.5. The number of para-hydroxylation sites is 1. The number of benzene rings is 3. The van der Waals surface area contributed by atoms with E-state index >= 15 is 0 Å². The molecule has 1 aromatic heterocycles. The van der Waals surface area contributed by atoms with Crippen molar-refractivity contribution >= 4 is 48.3 Å². The van der Waals surface area contributed by atoms with Crippen molar-refractivity contribution in [1.82, 2.24) is 9.88 Å². The summed E-state index contributed by atoms with van der Waals surface area (Å²) in [4.78, 5) is 22.3. The summed E-state index contributed by atoms with van der Waals surface area (Å²) in [6.45, 7) is 5.67. The van der Waals surface area contributed by atoms with E-state index in [0.29, 0.717) is 36.8 Å². The van der Waals surface area contributed by atoms with Gasteiger partial charge in [0, 0.05) is 25.2 Å². The maximum atomic E-state index is 13.7. The van der Waals surface area contributed by atoms with Crippen molar-refractivity contribution in [3.63, 3.8) is 0 Å². The Morgan fingerprint density at radius 2 is 1.70 bits per heavy atom. The molecule has 0 bridgehead atoms. The first-order chi connectivity index (χ1) is 17.6. The van der Waals surface area contributed by atoms with Gasteiger partial charge < -0.3 is 4.90 Å². The molecule has 37 heavy (non-hydrogen) atoms. The summed E-state index contributed by atoms with van der Waals surface area (Å²) in [6.07, 6.45) is 0.689. The molecule has 0 saturated heterocycles. The number of aromatic nitrogens is 1. The van der Waals surface area contributed by atoms with Crippen molar-refractivity contribution in [3.05, 3.63) is 82.9 Å². The van der Waals surface area contributed by atoms with E-state index in [2.05, 4.69) is 26.0 Å². The molecule has 0 fully saturated rings.